The van der Waals surface area contributed by atoms with Crippen molar-refractivity contribution in [2.24, 2.45) is 10.9 Å². The van der Waals surface area contributed by atoms with Gasteiger partial charge in [0.05, 0.1) is 11.4 Å². The van der Waals surface area contributed by atoms with E-state index in [0.29, 0.717) is 11.7 Å². The molecule has 1 aliphatic heterocycles. The highest BCUT2D eigenvalue weighted by atomic mass is 14.9. The number of hydrogen-bond donors (Lipinski definition) is 0. The molecule has 0 amide bonds. The van der Waals surface area contributed by atoms with E-state index in [1.165, 1.54) is 5.57 Å². The lowest BCUT2D eigenvalue weighted by molar-refractivity contribution is 0.765. The standard InChI is InChI=1S/C47H39N3/c1-34(41-21-11-3-4-12-22-42(37-16-7-5-8-17-37)44-24-14-13-23-43(41)44)25-26-35(2)47-49-45(38-18-9-6-10-19-38)32-46(50-47)39-29-27-36(28-30-39)40-20-15-31-48-33-40/h3-19,21-29,31-33,39-40H,1-2,20,30H2/b4-3?,11-3?,12-4?,21-11?,22-12?,26-25-,41-21?,42-22?,43-41?,44-42?. The monoisotopic (exact) mass is 645 g/mol. The maximum Gasteiger partial charge on any atom is 0.159 e. The van der Waals surface area contributed by atoms with Crippen LogP contribution in [-0.4, -0.2) is 16.2 Å². The minimum absolute atomic E-state index is 0.142. The van der Waals surface area contributed by atoms with Gasteiger partial charge in [0.2, 0.25) is 0 Å². The van der Waals surface area contributed by atoms with Crippen LogP contribution in [0.3, 0.4) is 0 Å². The fourth-order valence-corrected chi connectivity index (χ4v) is 6.47. The Hall–Kier alpha value is -6.19. The molecule has 2 unspecified atom stereocenters. The predicted molar refractivity (Wildman–Crippen MR) is 212 cm³/mol. The van der Waals surface area contributed by atoms with Crippen LogP contribution in [0.5, 0.6) is 0 Å². The first-order valence-electron chi connectivity index (χ1n) is 17.1. The maximum atomic E-state index is 5.09. The second kappa shape index (κ2) is 15.4. The molecular formula is C47H39N3. The van der Waals surface area contributed by atoms with Gasteiger partial charge in [0.1, 0.15) is 0 Å². The van der Waals surface area contributed by atoms with Gasteiger partial charge in [-0.25, -0.2) is 9.97 Å². The van der Waals surface area contributed by atoms with Crippen molar-refractivity contribution in [3.63, 3.8) is 0 Å². The number of aromatic nitrogens is 2. The van der Waals surface area contributed by atoms with E-state index in [-0.39, 0.29) is 5.92 Å². The molecule has 3 heteroatoms. The third kappa shape index (κ3) is 7.43. The van der Waals surface area contributed by atoms with Gasteiger partial charge in [-0.3, -0.25) is 4.99 Å². The Labute approximate surface area is 295 Å². The van der Waals surface area contributed by atoms with Gasteiger partial charge in [0.25, 0.3) is 0 Å². The average molecular weight is 646 g/mol. The SMILES string of the molecule is C=C(/C=C\C(=C)c1ccccccc(-c2ccccc2)c2ccccc12)c1nc(-c2ccccc2)cc(C2C=CC(C3C=NC=CC3)=CC2)n1. The van der Waals surface area contributed by atoms with Gasteiger partial charge >= 0.3 is 0 Å². The molecule has 0 spiro atoms. The molecule has 0 fully saturated rings. The molecule has 4 aromatic carbocycles. The lowest BCUT2D eigenvalue weighted by Crippen LogP contribution is -2.10. The van der Waals surface area contributed by atoms with Crippen LogP contribution in [0, 0.1) is 5.92 Å². The number of allylic oxidation sites excluding steroid dienone is 9. The number of rotatable bonds is 8. The van der Waals surface area contributed by atoms with E-state index in [4.69, 9.17) is 9.97 Å². The second-order valence-corrected chi connectivity index (χ2v) is 12.5. The molecule has 0 radical (unpaired) electrons. The third-order valence-corrected chi connectivity index (χ3v) is 9.17. The van der Waals surface area contributed by atoms with Crippen LogP contribution in [-0.2, 0) is 0 Å². The third-order valence-electron chi connectivity index (χ3n) is 9.17. The highest BCUT2D eigenvalue weighted by molar-refractivity contribution is 6.02. The molecule has 2 aliphatic rings. The molecule has 5 aromatic rings. The van der Waals surface area contributed by atoms with Gasteiger partial charge < -0.3 is 0 Å². The Kier molecular flexibility index (Phi) is 9.94. The molecule has 3 nitrogen and oxygen atoms in total. The Morgan fingerprint density at radius 2 is 1.30 bits per heavy atom. The van der Waals surface area contributed by atoms with Crippen LogP contribution in [0.2, 0.25) is 0 Å². The van der Waals surface area contributed by atoms with Crippen molar-refractivity contribution in [1.82, 2.24) is 9.97 Å². The van der Waals surface area contributed by atoms with Crippen LogP contribution in [0.1, 0.15) is 35.8 Å². The van der Waals surface area contributed by atoms with Gasteiger partial charge in [-0.2, -0.15) is 0 Å². The molecule has 0 N–H and O–H groups in total. The van der Waals surface area contributed by atoms with Gasteiger partial charge in [-0.15, -0.1) is 0 Å². The van der Waals surface area contributed by atoms with Gasteiger partial charge in [0.15, 0.2) is 5.82 Å². The highest BCUT2D eigenvalue weighted by Gasteiger charge is 2.19. The number of nitrogens with zero attached hydrogens (tertiary/aromatic N) is 3. The molecule has 2 atom stereocenters. The lowest BCUT2D eigenvalue weighted by atomic mass is 9.86. The van der Waals surface area contributed by atoms with Crippen LogP contribution in [0.4, 0.5) is 0 Å². The summed E-state index contributed by atoms with van der Waals surface area (Å²) < 4.78 is 0. The number of benzene rings is 3. The summed E-state index contributed by atoms with van der Waals surface area (Å²) in [6.07, 6.45) is 18.8. The topological polar surface area (TPSA) is 38.1 Å². The zero-order valence-corrected chi connectivity index (χ0v) is 28.1. The Morgan fingerprint density at radius 1 is 0.640 bits per heavy atom. The minimum Gasteiger partial charge on any atom is -0.269 e. The molecule has 50 heavy (non-hydrogen) atoms. The van der Waals surface area contributed by atoms with Crippen molar-refractivity contribution in [3.8, 4) is 22.4 Å². The molecule has 0 saturated heterocycles. The van der Waals surface area contributed by atoms with E-state index in [9.17, 15) is 0 Å². The molecule has 7 rings (SSSR count). The molecule has 0 saturated carbocycles. The zero-order valence-electron chi connectivity index (χ0n) is 28.1. The quantitative estimate of drug-likeness (QED) is 0.158. The van der Waals surface area contributed by atoms with Gasteiger partial charge in [-0.05, 0) is 57.5 Å². The maximum absolute atomic E-state index is 5.09. The Morgan fingerprint density at radius 3 is 2.02 bits per heavy atom. The first-order chi connectivity index (χ1) is 24.6. The van der Waals surface area contributed by atoms with Gasteiger partial charge in [-0.1, -0.05) is 171 Å². The molecule has 0 bridgehead atoms. The van der Waals surface area contributed by atoms with Gasteiger partial charge in [0, 0.05) is 35.4 Å². The summed E-state index contributed by atoms with van der Waals surface area (Å²) in [5.41, 5.74) is 9.16. The zero-order chi connectivity index (χ0) is 34.1. The molecule has 1 aromatic heterocycles. The first kappa shape index (κ1) is 32.4. The molecular weight excluding hydrogens is 607 g/mol. The summed E-state index contributed by atoms with van der Waals surface area (Å²) in [6.45, 7) is 8.97. The highest BCUT2D eigenvalue weighted by Crippen LogP contribution is 2.34. The number of aliphatic imine (C=N–C) groups is 1. The largest absolute Gasteiger partial charge is 0.269 e. The van der Waals surface area contributed by atoms with Crippen LogP contribution in [0.25, 0.3) is 44.3 Å². The van der Waals surface area contributed by atoms with Crippen LogP contribution >= 0.6 is 0 Å². The molecule has 242 valence electrons. The van der Waals surface area contributed by atoms with E-state index in [0.717, 1.165) is 68.4 Å². The summed E-state index contributed by atoms with van der Waals surface area (Å²) in [4.78, 5) is 14.5. The van der Waals surface area contributed by atoms with Crippen molar-refractivity contribution in [3.05, 3.63) is 206 Å². The summed E-state index contributed by atoms with van der Waals surface area (Å²) >= 11 is 0. The summed E-state index contributed by atoms with van der Waals surface area (Å²) in [7, 11) is 0. The summed E-state index contributed by atoms with van der Waals surface area (Å²) in [5, 5.41) is 2.26. The predicted octanol–water partition coefficient (Wildman–Crippen LogP) is 11.9. The van der Waals surface area contributed by atoms with Crippen molar-refractivity contribution >= 4 is 28.1 Å². The number of fused-ring (bicyclic) bond motifs is 1. The van der Waals surface area contributed by atoms with E-state index in [1.807, 2.05) is 54.9 Å². The van der Waals surface area contributed by atoms with Crippen LogP contribution in [0.15, 0.2) is 194 Å². The first-order valence-corrected chi connectivity index (χ1v) is 17.1. The fourth-order valence-electron chi connectivity index (χ4n) is 6.47. The fraction of sp³-hybridized carbons (Fsp3) is 0.0851. The van der Waals surface area contributed by atoms with Crippen molar-refractivity contribution < 1.29 is 0 Å². The van der Waals surface area contributed by atoms with Crippen molar-refractivity contribution in [1.29, 1.82) is 0 Å². The number of hydrogen-bond acceptors (Lipinski definition) is 3. The molecule has 1 aliphatic carbocycles. The van der Waals surface area contributed by atoms with Crippen molar-refractivity contribution in [2.45, 2.75) is 18.8 Å². The lowest BCUT2D eigenvalue weighted by Gasteiger charge is -2.21. The van der Waals surface area contributed by atoms with E-state index in [1.54, 1.807) is 0 Å². The second-order valence-electron chi connectivity index (χ2n) is 12.5. The molecule has 2 heterocycles. The Balaban J connectivity index is 1.23. The normalized spacial score (nSPS) is 16.6. The van der Waals surface area contributed by atoms with E-state index in [2.05, 4.69) is 140 Å². The van der Waals surface area contributed by atoms with Crippen LogP contribution < -0.4 is 0 Å². The average Bonchev–Trinajstić information content (AvgIpc) is 3.19. The Bertz CT molecular complexity index is 2250. The van der Waals surface area contributed by atoms with E-state index < -0.39 is 0 Å². The van der Waals surface area contributed by atoms with E-state index >= 15 is 0 Å². The summed E-state index contributed by atoms with van der Waals surface area (Å²) in [5.74, 6) is 1.08. The summed E-state index contributed by atoms with van der Waals surface area (Å²) in [6, 6.07) is 44.0. The smallest absolute Gasteiger partial charge is 0.159 e. The minimum atomic E-state index is 0.142. The van der Waals surface area contributed by atoms with Crippen molar-refractivity contribution in [2.75, 3.05) is 0 Å².